The van der Waals surface area contributed by atoms with Crippen molar-refractivity contribution in [1.29, 1.82) is 0 Å². The third kappa shape index (κ3) is 3.23. The number of carbonyl (C=O) groups is 2. The smallest absolute Gasteiger partial charge is 0.255 e. The van der Waals surface area contributed by atoms with Gasteiger partial charge in [0, 0.05) is 11.3 Å². The van der Waals surface area contributed by atoms with Gasteiger partial charge >= 0.3 is 0 Å². The topological polar surface area (TPSA) is 72.2 Å². The van der Waals surface area contributed by atoms with Crippen LogP contribution in [-0.4, -0.2) is 11.8 Å². The molecule has 0 radical (unpaired) electrons. The van der Waals surface area contributed by atoms with Crippen LogP contribution in [-0.2, 0) is 4.79 Å². The fourth-order valence-corrected chi connectivity index (χ4v) is 1.84. The number of carbonyl (C=O) groups excluding carboxylic acids is 2. The second-order valence-electron chi connectivity index (χ2n) is 4.57. The van der Waals surface area contributed by atoms with Crippen LogP contribution in [0.1, 0.15) is 28.8 Å². The second kappa shape index (κ2) is 6.02. The van der Waals surface area contributed by atoms with Crippen molar-refractivity contribution in [1.82, 2.24) is 0 Å². The quantitative estimate of drug-likeness (QED) is 0.894. The van der Waals surface area contributed by atoms with Crippen LogP contribution in [0.25, 0.3) is 0 Å². The Balaban J connectivity index is 2.16. The van der Waals surface area contributed by atoms with Crippen molar-refractivity contribution in [2.75, 3.05) is 5.32 Å². The summed E-state index contributed by atoms with van der Waals surface area (Å²) in [5, 5.41) is 2.80. The van der Waals surface area contributed by atoms with Crippen molar-refractivity contribution < 1.29 is 9.59 Å². The Morgan fingerprint density at radius 1 is 1.05 bits per heavy atom. The molecule has 3 N–H and O–H groups in total. The lowest BCUT2D eigenvalue weighted by molar-refractivity contribution is -0.119. The summed E-state index contributed by atoms with van der Waals surface area (Å²) in [6.07, 6.45) is 0. The van der Waals surface area contributed by atoms with Gasteiger partial charge in [0.05, 0.1) is 5.92 Å². The molecule has 2 aromatic rings. The molecule has 1 atom stereocenters. The first-order valence-corrected chi connectivity index (χ1v) is 6.33. The van der Waals surface area contributed by atoms with Crippen LogP contribution in [0.3, 0.4) is 0 Å². The molecule has 0 heterocycles. The van der Waals surface area contributed by atoms with E-state index >= 15 is 0 Å². The van der Waals surface area contributed by atoms with Crippen LogP contribution in [0.2, 0.25) is 0 Å². The Morgan fingerprint density at radius 3 is 2.40 bits per heavy atom. The molecule has 20 heavy (non-hydrogen) atoms. The average molecular weight is 268 g/mol. The van der Waals surface area contributed by atoms with Crippen LogP contribution in [0.5, 0.6) is 0 Å². The number of nitrogens with two attached hydrogens (primary N) is 1. The Hall–Kier alpha value is -2.62. The van der Waals surface area contributed by atoms with E-state index in [-0.39, 0.29) is 11.8 Å². The first-order chi connectivity index (χ1) is 9.58. The van der Waals surface area contributed by atoms with Gasteiger partial charge in [-0.2, -0.15) is 0 Å². The molecule has 1 unspecified atom stereocenters. The molecular weight excluding hydrogens is 252 g/mol. The monoisotopic (exact) mass is 268 g/mol. The van der Waals surface area contributed by atoms with Crippen LogP contribution < -0.4 is 11.1 Å². The number of nitrogens with one attached hydrogen (secondary N) is 1. The molecule has 0 aliphatic rings. The molecule has 2 amide bonds. The summed E-state index contributed by atoms with van der Waals surface area (Å²) in [6, 6.07) is 16.1. The van der Waals surface area contributed by atoms with Gasteiger partial charge in [0.25, 0.3) is 5.91 Å². The zero-order valence-electron chi connectivity index (χ0n) is 11.2. The zero-order valence-corrected chi connectivity index (χ0v) is 11.2. The van der Waals surface area contributed by atoms with E-state index in [9.17, 15) is 9.59 Å². The Kier molecular flexibility index (Phi) is 4.15. The van der Waals surface area contributed by atoms with Gasteiger partial charge < -0.3 is 11.1 Å². The van der Waals surface area contributed by atoms with E-state index < -0.39 is 5.91 Å². The van der Waals surface area contributed by atoms with E-state index in [2.05, 4.69) is 5.32 Å². The van der Waals surface area contributed by atoms with E-state index in [4.69, 9.17) is 5.73 Å². The van der Waals surface area contributed by atoms with Crippen molar-refractivity contribution in [3.05, 3.63) is 65.7 Å². The van der Waals surface area contributed by atoms with Gasteiger partial charge in [-0.3, -0.25) is 9.59 Å². The summed E-state index contributed by atoms with van der Waals surface area (Å²) >= 11 is 0. The molecular formula is C16H16N2O2. The van der Waals surface area contributed by atoms with E-state index in [0.717, 1.165) is 5.56 Å². The standard InChI is InChI=1S/C16H16N2O2/c1-11(15(17)19)13-8-5-9-14(10-13)18-16(20)12-6-3-2-4-7-12/h2-11H,1H3,(H2,17,19)(H,18,20). The number of benzene rings is 2. The maximum absolute atomic E-state index is 12.0. The van der Waals surface area contributed by atoms with Gasteiger partial charge in [-0.1, -0.05) is 30.3 Å². The predicted octanol–water partition coefficient (Wildman–Crippen LogP) is 2.53. The lowest BCUT2D eigenvalue weighted by Crippen LogP contribution is -2.19. The Labute approximate surface area is 117 Å². The predicted molar refractivity (Wildman–Crippen MR) is 78.4 cm³/mol. The largest absolute Gasteiger partial charge is 0.369 e. The van der Waals surface area contributed by atoms with Crippen molar-refractivity contribution in [3.8, 4) is 0 Å². The molecule has 4 nitrogen and oxygen atoms in total. The molecule has 2 rings (SSSR count). The molecule has 0 aliphatic carbocycles. The van der Waals surface area contributed by atoms with E-state index in [1.165, 1.54) is 0 Å². The van der Waals surface area contributed by atoms with E-state index in [1.807, 2.05) is 12.1 Å². The SMILES string of the molecule is CC(C(N)=O)c1cccc(NC(=O)c2ccccc2)c1. The third-order valence-electron chi connectivity index (χ3n) is 3.11. The van der Waals surface area contributed by atoms with Crippen LogP contribution >= 0.6 is 0 Å². The minimum atomic E-state index is -0.392. The van der Waals surface area contributed by atoms with Crippen molar-refractivity contribution in [2.45, 2.75) is 12.8 Å². The molecule has 0 aliphatic heterocycles. The van der Waals surface area contributed by atoms with Gasteiger partial charge in [-0.05, 0) is 36.8 Å². The van der Waals surface area contributed by atoms with E-state index in [1.54, 1.807) is 49.4 Å². The molecule has 2 aromatic carbocycles. The first kappa shape index (κ1) is 13.8. The van der Waals surface area contributed by atoms with Crippen LogP contribution in [0, 0.1) is 0 Å². The molecule has 0 bridgehead atoms. The van der Waals surface area contributed by atoms with Gasteiger partial charge in [0.15, 0.2) is 0 Å². The highest BCUT2D eigenvalue weighted by molar-refractivity contribution is 6.04. The average Bonchev–Trinajstić information content (AvgIpc) is 2.47. The minimum absolute atomic E-state index is 0.186. The zero-order chi connectivity index (χ0) is 14.5. The summed E-state index contributed by atoms with van der Waals surface area (Å²) in [7, 11) is 0. The number of hydrogen-bond donors (Lipinski definition) is 2. The lowest BCUT2D eigenvalue weighted by atomic mass is 10.0. The highest BCUT2D eigenvalue weighted by atomic mass is 16.2. The van der Waals surface area contributed by atoms with Crippen molar-refractivity contribution >= 4 is 17.5 Å². The highest BCUT2D eigenvalue weighted by Crippen LogP contribution is 2.19. The van der Waals surface area contributed by atoms with Gasteiger partial charge in [0.1, 0.15) is 0 Å². The third-order valence-corrected chi connectivity index (χ3v) is 3.11. The molecule has 0 fully saturated rings. The van der Waals surface area contributed by atoms with Gasteiger partial charge in [0.2, 0.25) is 5.91 Å². The lowest BCUT2D eigenvalue weighted by Gasteiger charge is -2.10. The molecule has 0 aromatic heterocycles. The summed E-state index contributed by atoms with van der Waals surface area (Å²) < 4.78 is 0. The van der Waals surface area contributed by atoms with E-state index in [0.29, 0.717) is 11.3 Å². The Bertz CT molecular complexity index is 623. The normalized spacial score (nSPS) is 11.7. The maximum Gasteiger partial charge on any atom is 0.255 e. The van der Waals surface area contributed by atoms with Crippen molar-refractivity contribution in [3.63, 3.8) is 0 Å². The van der Waals surface area contributed by atoms with Crippen LogP contribution in [0.15, 0.2) is 54.6 Å². The fourth-order valence-electron chi connectivity index (χ4n) is 1.84. The molecule has 0 saturated heterocycles. The summed E-state index contributed by atoms with van der Waals surface area (Å²) in [5.41, 5.74) is 7.29. The highest BCUT2D eigenvalue weighted by Gasteiger charge is 2.12. The number of amides is 2. The minimum Gasteiger partial charge on any atom is -0.369 e. The molecule has 4 heteroatoms. The summed E-state index contributed by atoms with van der Waals surface area (Å²) in [4.78, 5) is 23.2. The first-order valence-electron chi connectivity index (χ1n) is 6.33. The number of rotatable bonds is 4. The molecule has 102 valence electrons. The fraction of sp³-hybridized carbons (Fsp3) is 0.125. The summed E-state index contributed by atoms with van der Waals surface area (Å²) in [5.74, 6) is -0.963. The number of anilines is 1. The van der Waals surface area contributed by atoms with Crippen LogP contribution in [0.4, 0.5) is 5.69 Å². The summed E-state index contributed by atoms with van der Waals surface area (Å²) in [6.45, 7) is 1.74. The molecule has 0 spiro atoms. The maximum atomic E-state index is 12.0. The second-order valence-corrected chi connectivity index (χ2v) is 4.57. The van der Waals surface area contributed by atoms with Gasteiger partial charge in [-0.25, -0.2) is 0 Å². The number of hydrogen-bond acceptors (Lipinski definition) is 2. The van der Waals surface area contributed by atoms with Gasteiger partial charge in [-0.15, -0.1) is 0 Å². The molecule has 0 saturated carbocycles. The van der Waals surface area contributed by atoms with Crippen molar-refractivity contribution in [2.24, 2.45) is 5.73 Å². The number of primary amides is 1. The Morgan fingerprint density at radius 2 is 1.75 bits per heavy atom.